The van der Waals surface area contributed by atoms with Crippen molar-refractivity contribution in [3.05, 3.63) is 22.4 Å². The molecule has 2 atom stereocenters. The molecule has 2 aliphatic rings. The third-order valence-corrected chi connectivity index (χ3v) is 6.09. The highest BCUT2D eigenvalue weighted by Gasteiger charge is 2.36. The van der Waals surface area contributed by atoms with Crippen LogP contribution in [-0.2, 0) is 5.41 Å². The van der Waals surface area contributed by atoms with Crippen molar-refractivity contribution < 1.29 is 0 Å². The minimum absolute atomic E-state index is 0.281. The Hall–Kier alpha value is -0.380. The Morgan fingerprint density at radius 3 is 2.95 bits per heavy atom. The Morgan fingerprint density at radius 1 is 1.37 bits per heavy atom. The second kappa shape index (κ2) is 5.19. The number of piperazine rings is 1. The third kappa shape index (κ3) is 2.74. The van der Waals surface area contributed by atoms with E-state index >= 15 is 0 Å². The largest absolute Gasteiger partial charge is 0.298 e. The van der Waals surface area contributed by atoms with E-state index in [1.54, 1.807) is 0 Å². The van der Waals surface area contributed by atoms with Gasteiger partial charge in [0.25, 0.3) is 0 Å². The minimum atomic E-state index is 0.281. The van der Waals surface area contributed by atoms with Gasteiger partial charge in [-0.05, 0) is 37.8 Å². The Balaban J connectivity index is 1.69. The molecule has 2 unspecified atom stereocenters. The van der Waals surface area contributed by atoms with Gasteiger partial charge in [0.05, 0.1) is 0 Å². The van der Waals surface area contributed by atoms with Crippen molar-refractivity contribution in [2.45, 2.75) is 51.1 Å². The maximum atomic E-state index is 2.73. The number of nitrogens with zero attached hydrogens (tertiary/aromatic N) is 2. The lowest BCUT2D eigenvalue weighted by Crippen LogP contribution is -2.57. The Morgan fingerprint density at radius 2 is 2.21 bits per heavy atom. The van der Waals surface area contributed by atoms with Crippen LogP contribution in [0.1, 0.15) is 38.5 Å². The van der Waals surface area contributed by atoms with Gasteiger partial charge >= 0.3 is 0 Å². The molecule has 0 aromatic carbocycles. The van der Waals surface area contributed by atoms with Crippen LogP contribution in [0.15, 0.2) is 17.5 Å². The van der Waals surface area contributed by atoms with E-state index in [4.69, 9.17) is 0 Å². The highest BCUT2D eigenvalue weighted by atomic mass is 32.1. The SMILES string of the molecule is CC1CN2CCCC2CN1CC(C)(C)c1cccs1. The summed E-state index contributed by atoms with van der Waals surface area (Å²) in [5.41, 5.74) is 0.281. The van der Waals surface area contributed by atoms with E-state index in [0.29, 0.717) is 6.04 Å². The molecule has 0 radical (unpaired) electrons. The van der Waals surface area contributed by atoms with E-state index < -0.39 is 0 Å². The summed E-state index contributed by atoms with van der Waals surface area (Å²) in [6, 6.07) is 6.00. The van der Waals surface area contributed by atoms with Crippen LogP contribution in [0, 0.1) is 0 Å². The zero-order valence-electron chi connectivity index (χ0n) is 12.4. The maximum Gasteiger partial charge on any atom is 0.0224 e. The fraction of sp³-hybridized carbons (Fsp3) is 0.750. The second-order valence-electron chi connectivity index (χ2n) is 6.93. The second-order valence-corrected chi connectivity index (χ2v) is 7.88. The van der Waals surface area contributed by atoms with Gasteiger partial charge in [0.1, 0.15) is 0 Å². The van der Waals surface area contributed by atoms with Gasteiger partial charge in [0, 0.05) is 42.0 Å². The van der Waals surface area contributed by atoms with Crippen LogP contribution in [0.3, 0.4) is 0 Å². The molecular weight excluding hydrogens is 252 g/mol. The lowest BCUT2D eigenvalue weighted by molar-refractivity contribution is 0.0467. The minimum Gasteiger partial charge on any atom is -0.298 e. The molecule has 1 aromatic heterocycles. The quantitative estimate of drug-likeness (QED) is 0.838. The zero-order chi connectivity index (χ0) is 13.5. The van der Waals surface area contributed by atoms with Crippen LogP contribution in [0.5, 0.6) is 0 Å². The molecule has 1 aromatic rings. The Bertz CT molecular complexity index is 412. The third-order valence-electron chi connectivity index (χ3n) is 4.85. The highest BCUT2D eigenvalue weighted by molar-refractivity contribution is 7.10. The summed E-state index contributed by atoms with van der Waals surface area (Å²) >= 11 is 1.90. The standard InChI is InChI=1S/C16H26N2S/c1-13-10-17-8-4-6-14(17)11-18(13)12-16(2,3)15-7-5-9-19-15/h5,7,9,13-14H,4,6,8,10-12H2,1-3H3. The average Bonchev–Trinajstić information content (AvgIpc) is 2.98. The van der Waals surface area contributed by atoms with Crippen LogP contribution in [0.2, 0.25) is 0 Å². The number of hydrogen-bond acceptors (Lipinski definition) is 3. The first-order valence-corrected chi connectivity index (χ1v) is 8.46. The van der Waals surface area contributed by atoms with E-state index in [9.17, 15) is 0 Å². The molecule has 3 rings (SSSR count). The molecule has 19 heavy (non-hydrogen) atoms. The first-order valence-electron chi connectivity index (χ1n) is 7.58. The summed E-state index contributed by atoms with van der Waals surface area (Å²) in [5.74, 6) is 0. The summed E-state index contributed by atoms with van der Waals surface area (Å²) < 4.78 is 0. The number of rotatable bonds is 3. The lowest BCUT2D eigenvalue weighted by atomic mass is 9.89. The lowest BCUT2D eigenvalue weighted by Gasteiger charge is -2.45. The monoisotopic (exact) mass is 278 g/mol. The van der Waals surface area contributed by atoms with Crippen molar-refractivity contribution in [2.24, 2.45) is 0 Å². The smallest absolute Gasteiger partial charge is 0.0224 e. The topological polar surface area (TPSA) is 6.48 Å². The van der Waals surface area contributed by atoms with Crippen molar-refractivity contribution in [2.75, 3.05) is 26.2 Å². The summed E-state index contributed by atoms with van der Waals surface area (Å²) in [7, 11) is 0. The molecule has 0 spiro atoms. The summed E-state index contributed by atoms with van der Waals surface area (Å²) in [5, 5.41) is 2.20. The fourth-order valence-electron chi connectivity index (χ4n) is 3.72. The van der Waals surface area contributed by atoms with Gasteiger partial charge in [-0.25, -0.2) is 0 Å². The predicted molar refractivity (Wildman–Crippen MR) is 83.0 cm³/mol. The van der Waals surface area contributed by atoms with E-state index in [-0.39, 0.29) is 5.41 Å². The first-order chi connectivity index (χ1) is 9.06. The van der Waals surface area contributed by atoms with Crippen molar-refractivity contribution in [1.29, 1.82) is 0 Å². The molecular formula is C16H26N2S. The van der Waals surface area contributed by atoms with Crippen LogP contribution >= 0.6 is 11.3 Å². The van der Waals surface area contributed by atoms with Crippen molar-refractivity contribution >= 4 is 11.3 Å². The van der Waals surface area contributed by atoms with Gasteiger partial charge in [0.2, 0.25) is 0 Å². The Labute approximate surface area is 121 Å². The zero-order valence-corrected chi connectivity index (χ0v) is 13.2. The predicted octanol–water partition coefficient (Wildman–Crippen LogP) is 3.19. The summed E-state index contributed by atoms with van der Waals surface area (Å²) in [6.07, 6.45) is 2.81. The first kappa shape index (κ1) is 13.6. The average molecular weight is 278 g/mol. The molecule has 0 bridgehead atoms. The van der Waals surface area contributed by atoms with Crippen molar-refractivity contribution in [3.8, 4) is 0 Å². The normalized spacial score (nSPS) is 29.6. The molecule has 2 fully saturated rings. The van der Waals surface area contributed by atoms with Gasteiger partial charge < -0.3 is 0 Å². The van der Waals surface area contributed by atoms with Gasteiger partial charge in [-0.1, -0.05) is 19.9 Å². The molecule has 106 valence electrons. The van der Waals surface area contributed by atoms with Crippen LogP contribution in [-0.4, -0.2) is 48.1 Å². The van der Waals surface area contributed by atoms with Gasteiger partial charge in [-0.2, -0.15) is 0 Å². The van der Waals surface area contributed by atoms with Gasteiger partial charge in [-0.15, -0.1) is 11.3 Å². The molecule has 2 aliphatic heterocycles. The Kier molecular flexibility index (Phi) is 3.71. The molecule has 3 heteroatoms. The number of thiophene rings is 1. The van der Waals surface area contributed by atoms with Crippen LogP contribution < -0.4 is 0 Å². The van der Waals surface area contributed by atoms with Gasteiger partial charge in [-0.3, -0.25) is 9.80 Å². The molecule has 0 saturated carbocycles. The molecule has 0 aliphatic carbocycles. The molecule has 3 heterocycles. The number of fused-ring (bicyclic) bond motifs is 1. The van der Waals surface area contributed by atoms with Crippen molar-refractivity contribution in [3.63, 3.8) is 0 Å². The highest BCUT2D eigenvalue weighted by Crippen LogP contribution is 2.31. The van der Waals surface area contributed by atoms with E-state index in [1.165, 1.54) is 43.9 Å². The summed E-state index contributed by atoms with van der Waals surface area (Å²) in [4.78, 5) is 6.96. The van der Waals surface area contributed by atoms with E-state index in [2.05, 4.69) is 48.1 Å². The summed E-state index contributed by atoms with van der Waals surface area (Å²) in [6.45, 7) is 12.3. The van der Waals surface area contributed by atoms with E-state index in [0.717, 1.165) is 6.04 Å². The molecule has 2 nitrogen and oxygen atoms in total. The molecule has 2 saturated heterocycles. The number of hydrogen-bond donors (Lipinski definition) is 0. The molecule has 0 amide bonds. The van der Waals surface area contributed by atoms with Gasteiger partial charge in [0.15, 0.2) is 0 Å². The van der Waals surface area contributed by atoms with E-state index in [1.807, 2.05) is 11.3 Å². The molecule has 0 N–H and O–H groups in total. The van der Waals surface area contributed by atoms with Crippen LogP contribution in [0.4, 0.5) is 0 Å². The van der Waals surface area contributed by atoms with Crippen molar-refractivity contribution in [1.82, 2.24) is 9.80 Å². The fourth-order valence-corrected chi connectivity index (χ4v) is 4.56. The maximum absolute atomic E-state index is 2.73. The van der Waals surface area contributed by atoms with Crippen LogP contribution in [0.25, 0.3) is 0 Å².